The van der Waals surface area contributed by atoms with Crippen LogP contribution in [0.2, 0.25) is 0 Å². The number of hydrogen-bond donors (Lipinski definition) is 0. The predicted octanol–water partition coefficient (Wildman–Crippen LogP) is 33.0. The molecule has 0 aliphatic heterocycles. The molecule has 0 saturated heterocycles. The second kappa shape index (κ2) is 33.2. The number of alkyl halides is 3. The van der Waals surface area contributed by atoms with Gasteiger partial charge < -0.3 is 0 Å². The largest absolute Gasteiger partial charge is 0.416 e. The Morgan fingerprint density at radius 1 is 0.165 bits per heavy atom. The summed E-state index contributed by atoms with van der Waals surface area (Å²) >= 11 is 0. The van der Waals surface area contributed by atoms with E-state index in [4.69, 9.17) is 5.26 Å². The number of halogens is 4. The lowest BCUT2D eigenvalue weighted by Gasteiger charge is -2.18. The highest BCUT2D eigenvalue weighted by Crippen LogP contribution is 2.49. The van der Waals surface area contributed by atoms with Gasteiger partial charge >= 0.3 is 6.18 Å². The SMILES string of the molecule is FC(F)(F)c1ccc(-c2ccc(-c3c4ccccc4c(-c4cccc(-c5ccccc5)c4)c4ccccc34)cc2)cc1.Fc1ccc(-c2ccc(-c3c4ccccc4c(-c4cccc(-c5ccccc5)c4)c4ccccc34)cc2)cc1.N#Cc1ccc(-c2ccc(-c3c4ccccc4c(-c4cccc(-c5ccccc5)c4)c4ccccc34)cc2)cc1. The molecule has 121 heavy (non-hydrogen) atoms. The fourth-order valence-electron chi connectivity index (χ4n) is 17.4. The zero-order valence-corrected chi connectivity index (χ0v) is 65.8. The molecule has 0 aliphatic carbocycles. The molecule has 0 spiro atoms. The molecule has 5 heteroatoms. The molecule has 0 bridgehead atoms. The Balaban J connectivity index is 0.000000120. The van der Waals surface area contributed by atoms with Crippen molar-refractivity contribution in [3.63, 3.8) is 0 Å². The number of rotatable bonds is 12. The molecule has 0 amide bonds. The third kappa shape index (κ3) is 15.2. The maximum atomic E-state index is 13.4. The van der Waals surface area contributed by atoms with Crippen LogP contribution >= 0.6 is 0 Å². The summed E-state index contributed by atoms with van der Waals surface area (Å²) in [7, 11) is 0. The van der Waals surface area contributed by atoms with Crippen LogP contribution in [0.25, 0.3) is 198 Å². The first kappa shape index (κ1) is 75.4. The van der Waals surface area contributed by atoms with Crippen LogP contribution in [0.4, 0.5) is 17.6 Å². The number of fused-ring (bicyclic) bond motifs is 6. The van der Waals surface area contributed by atoms with Crippen LogP contribution in [0.3, 0.4) is 0 Å². The lowest BCUT2D eigenvalue weighted by Crippen LogP contribution is -2.03. The number of nitriles is 1. The van der Waals surface area contributed by atoms with Gasteiger partial charge in [-0.2, -0.15) is 18.4 Å². The van der Waals surface area contributed by atoms with E-state index in [1.165, 1.54) is 156 Å². The van der Waals surface area contributed by atoms with Gasteiger partial charge in [-0.1, -0.05) is 400 Å². The Labute approximate surface area is 700 Å². The molecule has 0 radical (unpaired) electrons. The molecule has 0 aliphatic rings. The number of hydrogen-bond acceptors (Lipinski definition) is 1. The van der Waals surface area contributed by atoms with E-state index in [1.54, 1.807) is 0 Å². The van der Waals surface area contributed by atoms with Gasteiger partial charge in [-0.15, -0.1) is 0 Å². The first-order valence-corrected chi connectivity index (χ1v) is 40.6. The standard InChI is InChI=1S/C39H25F3.C39H25N.C38H25F/c40-39(41,42)32-23-21-28(22-24-32)27-17-19-29(20-18-27)37-33-13-4-6-15-35(33)38(36-16-7-5-14-34(36)37)31-12-8-11-30(25-31)26-9-2-1-3-10-26;40-26-27-17-19-29(20-18-27)30-21-23-31(24-22-30)38-34-13-4-6-15-36(34)39(37-16-7-5-14-35(37)38)33-12-8-11-32(25-33)28-9-2-1-3-10-28;39-32-23-21-28(22-24-32)27-17-19-29(20-18-27)37-33-13-4-6-15-35(33)38(36-16-7-5-14-34(36)37)31-12-8-11-30(25-31)26-9-2-1-3-10-26/h1-25H;1-25H;1-25H. The number of nitrogens with zero attached hydrogens (tertiary/aromatic N) is 1. The van der Waals surface area contributed by atoms with Crippen molar-refractivity contribution in [1.29, 1.82) is 5.26 Å². The number of benzene rings is 21. The van der Waals surface area contributed by atoms with Crippen molar-refractivity contribution in [3.05, 3.63) is 472 Å². The summed E-state index contributed by atoms with van der Waals surface area (Å²) in [6, 6.07) is 158. The van der Waals surface area contributed by atoms with E-state index in [2.05, 4.69) is 370 Å². The van der Waals surface area contributed by atoms with Crippen molar-refractivity contribution in [2.24, 2.45) is 0 Å². The van der Waals surface area contributed by atoms with Gasteiger partial charge in [-0.05, 0) is 253 Å². The van der Waals surface area contributed by atoms with Crippen molar-refractivity contribution in [1.82, 2.24) is 0 Å². The minimum absolute atomic E-state index is 0.220. The van der Waals surface area contributed by atoms with Crippen LogP contribution in [0, 0.1) is 17.1 Å². The van der Waals surface area contributed by atoms with Crippen LogP contribution < -0.4 is 0 Å². The summed E-state index contributed by atoms with van der Waals surface area (Å²) in [6.07, 6.45) is -4.35. The summed E-state index contributed by atoms with van der Waals surface area (Å²) in [5.74, 6) is -0.220. The van der Waals surface area contributed by atoms with E-state index in [1.807, 2.05) is 54.6 Å². The summed E-state index contributed by atoms with van der Waals surface area (Å²) in [4.78, 5) is 0. The minimum Gasteiger partial charge on any atom is -0.207 e. The lowest BCUT2D eigenvalue weighted by molar-refractivity contribution is -0.137. The molecule has 0 fully saturated rings. The van der Waals surface area contributed by atoms with Crippen LogP contribution in [0.5, 0.6) is 0 Å². The summed E-state index contributed by atoms with van der Waals surface area (Å²) in [6.45, 7) is 0. The quantitative estimate of drug-likeness (QED) is 0.0883. The van der Waals surface area contributed by atoms with Gasteiger partial charge in [0.05, 0.1) is 17.2 Å². The average molecular weight is 1560 g/mol. The first-order valence-electron chi connectivity index (χ1n) is 40.6. The normalized spacial score (nSPS) is 11.3. The molecular formula is C116H75F4N. The van der Waals surface area contributed by atoms with E-state index in [0.717, 1.165) is 78.5 Å². The maximum absolute atomic E-state index is 13.4. The molecule has 0 atom stereocenters. The maximum Gasteiger partial charge on any atom is 0.416 e. The molecule has 0 saturated carbocycles. The van der Waals surface area contributed by atoms with Crippen molar-refractivity contribution in [2.45, 2.75) is 6.18 Å². The third-order valence-electron chi connectivity index (χ3n) is 23.2. The van der Waals surface area contributed by atoms with Crippen molar-refractivity contribution in [2.75, 3.05) is 0 Å². The van der Waals surface area contributed by atoms with Crippen molar-refractivity contribution in [3.8, 4) is 140 Å². The molecule has 21 rings (SSSR count). The Hall–Kier alpha value is -15.6. The summed E-state index contributed by atoms with van der Waals surface area (Å²) < 4.78 is 52.6. The zero-order chi connectivity index (χ0) is 81.8. The van der Waals surface area contributed by atoms with Gasteiger partial charge in [-0.3, -0.25) is 0 Å². The van der Waals surface area contributed by atoms with Crippen LogP contribution in [-0.4, -0.2) is 0 Å². The van der Waals surface area contributed by atoms with Gasteiger partial charge in [0.2, 0.25) is 0 Å². The third-order valence-corrected chi connectivity index (χ3v) is 23.2. The van der Waals surface area contributed by atoms with Crippen LogP contribution in [0.15, 0.2) is 455 Å². The summed E-state index contributed by atoms with van der Waals surface area (Å²) in [5.41, 5.74) is 27.5. The van der Waals surface area contributed by atoms with Crippen LogP contribution in [0.1, 0.15) is 11.1 Å². The van der Waals surface area contributed by atoms with Crippen LogP contribution in [-0.2, 0) is 6.18 Å². The molecule has 0 aromatic heterocycles. The lowest BCUT2D eigenvalue weighted by atomic mass is 9.85. The van der Waals surface area contributed by atoms with E-state index in [0.29, 0.717) is 5.56 Å². The highest BCUT2D eigenvalue weighted by molar-refractivity contribution is 6.24. The van der Waals surface area contributed by atoms with Crippen molar-refractivity contribution < 1.29 is 17.6 Å². The van der Waals surface area contributed by atoms with E-state index in [9.17, 15) is 17.6 Å². The highest BCUT2D eigenvalue weighted by atomic mass is 19.4. The predicted molar refractivity (Wildman–Crippen MR) is 499 cm³/mol. The van der Waals surface area contributed by atoms with Crippen molar-refractivity contribution >= 4 is 64.6 Å². The Morgan fingerprint density at radius 2 is 0.339 bits per heavy atom. The molecular weight excluding hydrogens is 1480 g/mol. The molecule has 21 aromatic rings. The van der Waals surface area contributed by atoms with Gasteiger partial charge in [0.15, 0.2) is 0 Å². The smallest absolute Gasteiger partial charge is 0.207 e. The van der Waals surface area contributed by atoms with E-state index < -0.39 is 11.7 Å². The molecule has 0 unspecified atom stereocenters. The van der Waals surface area contributed by atoms with Gasteiger partial charge in [0.1, 0.15) is 5.82 Å². The minimum atomic E-state index is -4.35. The average Bonchev–Trinajstić information content (AvgIpc) is 0.743. The fraction of sp³-hybridized carbons (Fsp3) is 0.00862. The second-order valence-electron chi connectivity index (χ2n) is 30.4. The Morgan fingerprint density at radius 3 is 0.570 bits per heavy atom. The topological polar surface area (TPSA) is 23.8 Å². The Bertz CT molecular complexity index is 7250. The molecule has 1 nitrogen and oxygen atoms in total. The molecule has 21 aromatic carbocycles. The molecule has 0 N–H and O–H groups in total. The molecule has 572 valence electrons. The van der Waals surface area contributed by atoms with Gasteiger partial charge in [0, 0.05) is 0 Å². The molecule has 0 heterocycles. The first-order chi connectivity index (χ1) is 59.5. The highest BCUT2D eigenvalue weighted by Gasteiger charge is 2.30. The fourth-order valence-corrected chi connectivity index (χ4v) is 17.4. The monoisotopic (exact) mass is 1560 g/mol. The van der Waals surface area contributed by atoms with Gasteiger partial charge in [-0.25, -0.2) is 4.39 Å². The Kier molecular flexibility index (Phi) is 20.7. The zero-order valence-electron chi connectivity index (χ0n) is 65.8. The van der Waals surface area contributed by atoms with E-state index in [-0.39, 0.29) is 5.82 Å². The summed E-state index contributed by atoms with van der Waals surface area (Å²) in [5, 5.41) is 23.7. The van der Waals surface area contributed by atoms with E-state index >= 15 is 0 Å². The second-order valence-corrected chi connectivity index (χ2v) is 30.4. The van der Waals surface area contributed by atoms with Gasteiger partial charge in [0.25, 0.3) is 0 Å².